The fourth-order valence-corrected chi connectivity index (χ4v) is 6.93. The van der Waals surface area contributed by atoms with Gasteiger partial charge in [0.25, 0.3) is 0 Å². The van der Waals surface area contributed by atoms with Crippen LogP contribution in [0.2, 0.25) is 0 Å². The zero-order valence-corrected chi connectivity index (χ0v) is 18.5. The van der Waals surface area contributed by atoms with Crippen LogP contribution in [0, 0.1) is 23.7 Å². The Balaban J connectivity index is 1.22. The van der Waals surface area contributed by atoms with Gasteiger partial charge in [0.05, 0.1) is 6.61 Å². The molecule has 4 aliphatic carbocycles. The number of hydrogen-bond acceptors (Lipinski definition) is 4. The molecule has 0 spiro atoms. The van der Waals surface area contributed by atoms with Crippen molar-refractivity contribution in [3.63, 3.8) is 0 Å². The Morgan fingerprint density at radius 1 is 1.00 bits per heavy atom. The molecule has 6 rings (SSSR count). The quantitative estimate of drug-likeness (QED) is 0.699. The van der Waals surface area contributed by atoms with Crippen LogP contribution >= 0.6 is 0 Å². The number of nitrogens with one attached hydrogen (secondary N) is 2. The van der Waals surface area contributed by atoms with Gasteiger partial charge in [0.15, 0.2) is 0 Å². The van der Waals surface area contributed by atoms with Gasteiger partial charge in [-0.3, -0.25) is 0 Å². The SMILES string of the molecule is CCOC(=O)C1(Nc2ccccc2)CCN(C(=O)NC2C3CC4CC(C3)CC2C4)CC1. The number of ether oxygens (including phenoxy) is 1. The second-order valence-electron chi connectivity index (χ2n) is 10.2. The lowest BCUT2D eigenvalue weighted by Gasteiger charge is -2.54. The van der Waals surface area contributed by atoms with Crippen LogP contribution in [-0.2, 0) is 9.53 Å². The van der Waals surface area contributed by atoms with E-state index in [1.165, 1.54) is 32.1 Å². The highest BCUT2D eigenvalue weighted by Crippen LogP contribution is 2.53. The van der Waals surface area contributed by atoms with Crippen LogP contribution in [0.25, 0.3) is 0 Å². The first kappa shape index (κ1) is 20.7. The zero-order valence-electron chi connectivity index (χ0n) is 18.5. The Labute approximate surface area is 185 Å². The Hall–Kier alpha value is -2.24. The van der Waals surface area contributed by atoms with E-state index in [9.17, 15) is 9.59 Å². The fraction of sp³-hybridized carbons (Fsp3) is 0.680. The summed E-state index contributed by atoms with van der Waals surface area (Å²) in [6, 6.07) is 10.2. The van der Waals surface area contributed by atoms with Crippen LogP contribution in [-0.4, -0.2) is 48.2 Å². The number of amides is 2. The van der Waals surface area contributed by atoms with Crippen LogP contribution in [0.1, 0.15) is 51.9 Å². The van der Waals surface area contributed by atoms with Crippen molar-refractivity contribution in [2.45, 2.75) is 63.5 Å². The molecule has 6 heteroatoms. The number of anilines is 1. The predicted octanol–water partition coefficient (Wildman–Crippen LogP) is 4.03. The van der Waals surface area contributed by atoms with E-state index >= 15 is 0 Å². The van der Waals surface area contributed by atoms with Gasteiger partial charge in [0, 0.05) is 24.8 Å². The maximum atomic E-state index is 13.1. The molecule has 5 aliphatic rings. The smallest absolute Gasteiger partial charge is 0.331 e. The molecular weight excluding hydrogens is 390 g/mol. The molecule has 4 saturated carbocycles. The predicted molar refractivity (Wildman–Crippen MR) is 120 cm³/mol. The second kappa shape index (κ2) is 8.36. The molecule has 31 heavy (non-hydrogen) atoms. The largest absolute Gasteiger partial charge is 0.464 e. The summed E-state index contributed by atoms with van der Waals surface area (Å²) in [6.07, 6.45) is 7.71. The van der Waals surface area contributed by atoms with Crippen LogP contribution < -0.4 is 10.6 Å². The summed E-state index contributed by atoms with van der Waals surface area (Å²) in [7, 11) is 0. The van der Waals surface area contributed by atoms with E-state index in [0.717, 1.165) is 17.5 Å². The molecule has 0 aromatic heterocycles. The van der Waals surface area contributed by atoms with E-state index < -0.39 is 5.54 Å². The molecule has 0 unspecified atom stereocenters. The highest BCUT2D eigenvalue weighted by Gasteiger charge is 2.49. The Kier molecular flexibility index (Phi) is 5.57. The van der Waals surface area contributed by atoms with Crippen molar-refractivity contribution < 1.29 is 14.3 Å². The van der Waals surface area contributed by atoms with Crippen molar-refractivity contribution in [3.8, 4) is 0 Å². The third-order valence-corrected chi connectivity index (χ3v) is 8.24. The summed E-state index contributed by atoms with van der Waals surface area (Å²) in [5, 5.41) is 6.84. The first-order chi connectivity index (χ1) is 15.1. The van der Waals surface area contributed by atoms with E-state index in [4.69, 9.17) is 4.74 Å². The van der Waals surface area contributed by atoms with Gasteiger partial charge in [0.2, 0.25) is 0 Å². The molecule has 168 valence electrons. The van der Waals surface area contributed by atoms with Crippen molar-refractivity contribution in [1.29, 1.82) is 0 Å². The molecule has 5 fully saturated rings. The number of rotatable bonds is 5. The Morgan fingerprint density at radius 3 is 2.19 bits per heavy atom. The number of piperidine rings is 1. The number of urea groups is 1. The standard InChI is InChI=1S/C25H35N3O3/c1-2-31-23(29)25(27-21-6-4-3-5-7-21)8-10-28(11-9-25)24(30)26-22-19-13-17-12-18(15-19)16-20(22)14-17/h3-7,17-20,22,27H,2,8-16H2,1H3,(H,26,30). The molecule has 2 N–H and O–H groups in total. The molecular formula is C25H35N3O3. The number of nitrogens with zero attached hydrogens (tertiary/aromatic N) is 1. The van der Waals surface area contributed by atoms with Crippen molar-refractivity contribution in [2.24, 2.45) is 23.7 Å². The normalized spacial score (nSPS) is 33.1. The topological polar surface area (TPSA) is 70.7 Å². The van der Waals surface area contributed by atoms with Gasteiger partial charge < -0.3 is 20.3 Å². The van der Waals surface area contributed by atoms with Crippen LogP contribution in [0.3, 0.4) is 0 Å². The fourth-order valence-electron chi connectivity index (χ4n) is 6.93. The zero-order chi connectivity index (χ0) is 21.4. The molecule has 0 atom stereocenters. The lowest BCUT2D eigenvalue weighted by atomic mass is 9.54. The van der Waals surface area contributed by atoms with E-state index in [1.54, 1.807) is 0 Å². The minimum atomic E-state index is -0.781. The lowest BCUT2D eigenvalue weighted by molar-refractivity contribution is -0.150. The first-order valence-electron chi connectivity index (χ1n) is 12.1. The van der Waals surface area contributed by atoms with Gasteiger partial charge in [-0.05, 0) is 87.7 Å². The van der Waals surface area contributed by atoms with E-state index in [0.29, 0.717) is 50.4 Å². The number of hydrogen-bond donors (Lipinski definition) is 2. The summed E-state index contributed by atoms with van der Waals surface area (Å²) in [5.41, 5.74) is 0.124. The molecule has 1 aromatic rings. The van der Waals surface area contributed by atoms with Gasteiger partial charge in [0.1, 0.15) is 5.54 Å². The monoisotopic (exact) mass is 425 g/mol. The molecule has 1 heterocycles. The van der Waals surface area contributed by atoms with E-state index in [2.05, 4.69) is 10.6 Å². The number of benzene rings is 1. The number of likely N-dealkylation sites (tertiary alicyclic amines) is 1. The summed E-state index contributed by atoms with van der Waals surface area (Å²) in [4.78, 5) is 27.9. The van der Waals surface area contributed by atoms with E-state index in [1.807, 2.05) is 42.2 Å². The third kappa shape index (κ3) is 4.01. The van der Waals surface area contributed by atoms with Crippen LogP contribution in [0.15, 0.2) is 30.3 Å². The summed E-state index contributed by atoms with van der Waals surface area (Å²) < 4.78 is 5.42. The van der Waals surface area contributed by atoms with Crippen LogP contribution in [0.5, 0.6) is 0 Å². The molecule has 4 bridgehead atoms. The first-order valence-corrected chi connectivity index (χ1v) is 12.1. The molecule has 1 saturated heterocycles. The lowest BCUT2D eigenvalue weighted by Crippen LogP contribution is -2.61. The molecule has 1 aliphatic heterocycles. The van der Waals surface area contributed by atoms with E-state index in [-0.39, 0.29) is 12.0 Å². The van der Waals surface area contributed by atoms with Crippen molar-refractivity contribution >= 4 is 17.7 Å². The summed E-state index contributed by atoms with van der Waals surface area (Å²) >= 11 is 0. The Morgan fingerprint density at radius 2 is 1.61 bits per heavy atom. The van der Waals surface area contributed by atoms with Gasteiger partial charge in [-0.2, -0.15) is 0 Å². The maximum Gasteiger partial charge on any atom is 0.331 e. The van der Waals surface area contributed by atoms with Gasteiger partial charge in [-0.25, -0.2) is 9.59 Å². The second-order valence-corrected chi connectivity index (χ2v) is 10.2. The maximum absolute atomic E-state index is 13.1. The van der Waals surface area contributed by atoms with Crippen LogP contribution in [0.4, 0.5) is 10.5 Å². The number of carbonyl (C=O) groups is 2. The highest BCUT2D eigenvalue weighted by molar-refractivity contribution is 5.85. The molecule has 2 amide bonds. The average Bonchev–Trinajstić information content (AvgIpc) is 2.77. The summed E-state index contributed by atoms with van der Waals surface area (Å²) in [6.45, 7) is 3.30. The minimum Gasteiger partial charge on any atom is -0.464 e. The molecule has 1 aromatic carbocycles. The van der Waals surface area contributed by atoms with Gasteiger partial charge in [-0.1, -0.05) is 18.2 Å². The number of esters is 1. The average molecular weight is 426 g/mol. The molecule has 0 radical (unpaired) electrons. The highest BCUT2D eigenvalue weighted by atomic mass is 16.5. The summed E-state index contributed by atoms with van der Waals surface area (Å²) in [5.74, 6) is 2.92. The van der Waals surface area contributed by atoms with Gasteiger partial charge >= 0.3 is 12.0 Å². The third-order valence-electron chi connectivity index (χ3n) is 8.24. The van der Waals surface area contributed by atoms with Crippen molar-refractivity contribution in [3.05, 3.63) is 30.3 Å². The Bertz CT molecular complexity index is 775. The number of para-hydroxylation sites is 1. The van der Waals surface area contributed by atoms with Crippen molar-refractivity contribution in [1.82, 2.24) is 10.2 Å². The minimum absolute atomic E-state index is 0.0506. The number of carbonyl (C=O) groups excluding carboxylic acids is 2. The van der Waals surface area contributed by atoms with Gasteiger partial charge in [-0.15, -0.1) is 0 Å². The molecule has 6 nitrogen and oxygen atoms in total. The van der Waals surface area contributed by atoms with Crippen molar-refractivity contribution in [2.75, 3.05) is 25.0 Å².